The van der Waals surface area contributed by atoms with Gasteiger partial charge >= 0.3 is 6.18 Å². The summed E-state index contributed by atoms with van der Waals surface area (Å²) in [5, 5.41) is 2.56. The Hall–Kier alpha value is -2.50. The summed E-state index contributed by atoms with van der Waals surface area (Å²) in [5.41, 5.74) is -1.05. The van der Waals surface area contributed by atoms with E-state index in [1.54, 1.807) is 24.3 Å². The van der Waals surface area contributed by atoms with Gasteiger partial charge in [0.05, 0.1) is 22.5 Å². The Bertz CT molecular complexity index is 1160. The van der Waals surface area contributed by atoms with E-state index in [1.807, 2.05) is 0 Å². The zero-order chi connectivity index (χ0) is 25.8. The molecule has 0 heterocycles. The third-order valence-electron chi connectivity index (χ3n) is 4.90. The van der Waals surface area contributed by atoms with Crippen molar-refractivity contribution in [2.75, 3.05) is 24.2 Å². The van der Waals surface area contributed by atoms with E-state index in [4.69, 9.17) is 23.2 Å². The van der Waals surface area contributed by atoms with E-state index in [9.17, 15) is 31.2 Å². The Labute approximate surface area is 205 Å². The average Bonchev–Trinajstić information content (AvgIpc) is 2.74. The molecular weight excluding hydrogens is 518 g/mol. The topological polar surface area (TPSA) is 86.8 Å². The first kappa shape index (κ1) is 27.7. The summed E-state index contributed by atoms with van der Waals surface area (Å²) in [6.45, 7) is 0.474. The number of hydrogen-bond acceptors (Lipinski definition) is 4. The minimum atomic E-state index is -4.76. The number of nitrogens with one attached hydrogen (secondary N) is 1. The number of nitrogens with zero attached hydrogens (tertiary/aromatic N) is 2. The number of carbonyl (C=O) groups excluding carboxylic acids is 2. The highest BCUT2D eigenvalue weighted by Crippen LogP contribution is 2.36. The molecule has 0 bridgehead atoms. The van der Waals surface area contributed by atoms with E-state index >= 15 is 0 Å². The van der Waals surface area contributed by atoms with Gasteiger partial charge in [0.15, 0.2) is 0 Å². The molecule has 0 aliphatic heterocycles. The van der Waals surface area contributed by atoms with Crippen molar-refractivity contribution in [2.24, 2.45) is 0 Å². The smallest absolute Gasteiger partial charge is 0.357 e. The molecule has 0 aliphatic rings. The summed E-state index contributed by atoms with van der Waals surface area (Å²) in [7, 11) is -2.88. The quantitative estimate of drug-likeness (QED) is 0.550. The molecule has 34 heavy (non-hydrogen) atoms. The molecule has 0 saturated heterocycles. The van der Waals surface area contributed by atoms with E-state index < -0.39 is 51.9 Å². The lowest BCUT2D eigenvalue weighted by Gasteiger charge is -2.31. The predicted octanol–water partition coefficient (Wildman–Crippen LogP) is 3.94. The first-order valence-corrected chi connectivity index (χ1v) is 12.4. The van der Waals surface area contributed by atoms with Crippen LogP contribution in [-0.2, 0) is 32.3 Å². The van der Waals surface area contributed by atoms with Crippen molar-refractivity contribution < 1.29 is 31.2 Å². The van der Waals surface area contributed by atoms with Crippen LogP contribution < -0.4 is 9.62 Å². The van der Waals surface area contributed by atoms with Crippen LogP contribution in [0.3, 0.4) is 0 Å². The summed E-state index contributed by atoms with van der Waals surface area (Å²) in [5.74, 6) is -1.35. The van der Waals surface area contributed by atoms with Crippen LogP contribution in [-0.4, -0.2) is 51.0 Å². The number of sulfonamides is 1. The first-order valence-electron chi connectivity index (χ1n) is 9.75. The lowest BCUT2D eigenvalue weighted by molar-refractivity contribution is -0.139. The van der Waals surface area contributed by atoms with Gasteiger partial charge in [-0.05, 0) is 42.8 Å². The first-order chi connectivity index (χ1) is 15.6. The lowest BCUT2D eigenvalue weighted by Crippen LogP contribution is -2.50. The Morgan fingerprint density at radius 3 is 2.18 bits per heavy atom. The number of carbonyl (C=O) groups is 2. The number of rotatable bonds is 8. The molecule has 0 aromatic heterocycles. The van der Waals surface area contributed by atoms with Gasteiger partial charge in [0, 0.05) is 18.6 Å². The number of halogens is 5. The second kappa shape index (κ2) is 10.8. The van der Waals surface area contributed by atoms with Gasteiger partial charge in [-0.15, -0.1) is 0 Å². The molecule has 2 rings (SSSR count). The van der Waals surface area contributed by atoms with Gasteiger partial charge in [-0.3, -0.25) is 13.9 Å². The van der Waals surface area contributed by atoms with Crippen molar-refractivity contribution in [2.45, 2.75) is 25.7 Å². The molecule has 2 aromatic rings. The molecule has 7 nitrogen and oxygen atoms in total. The Morgan fingerprint density at radius 1 is 1.09 bits per heavy atom. The third kappa shape index (κ3) is 7.00. The molecule has 1 atom stereocenters. The summed E-state index contributed by atoms with van der Waals surface area (Å²) in [6, 6.07) is 7.54. The Balaban J connectivity index is 2.48. The minimum Gasteiger partial charge on any atom is -0.357 e. The normalized spacial score (nSPS) is 12.7. The molecule has 0 radical (unpaired) electrons. The van der Waals surface area contributed by atoms with Crippen LogP contribution in [0.5, 0.6) is 0 Å². The van der Waals surface area contributed by atoms with Crippen LogP contribution in [0.2, 0.25) is 10.0 Å². The largest absolute Gasteiger partial charge is 0.416 e. The summed E-state index contributed by atoms with van der Waals surface area (Å²) in [6.07, 6.45) is -4.02. The third-order valence-corrected chi connectivity index (χ3v) is 6.60. The molecule has 0 unspecified atom stereocenters. The highest BCUT2D eigenvalue weighted by Gasteiger charge is 2.34. The highest BCUT2D eigenvalue weighted by atomic mass is 35.5. The van der Waals surface area contributed by atoms with Crippen molar-refractivity contribution in [3.8, 4) is 0 Å². The van der Waals surface area contributed by atoms with Crippen molar-refractivity contribution in [1.29, 1.82) is 0 Å². The van der Waals surface area contributed by atoms with Gasteiger partial charge in [0.25, 0.3) is 0 Å². The molecule has 186 valence electrons. The van der Waals surface area contributed by atoms with Gasteiger partial charge < -0.3 is 10.2 Å². The van der Waals surface area contributed by atoms with E-state index in [2.05, 4.69) is 5.32 Å². The van der Waals surface area contributed by atoms with Crippen molar-refractivity contribution in [3.63, 3.8) is 0 Å². The lowest BCUT2D eigenvalue weighted by atomic mass is 10.1. The maximum absolute atomic E-state index is 13.2. The van der Waals surface area contributed by atoms with Gasteiger partial charge in [-0.25, -0.2) is 8.42 Å². The van der Waals surface area contributed by atoms with Crippen molar-refractivity contribution in [1.82, 2.24) is 10.2 Å². The summed E-state index contributed by atoms with van der Waals surface area (Å²) in [4.78, 5) is 26.6. The summed E-state index contributed by atoms with van der Waals surface area (Å²) >= 11 is 11.9. The van der Waals surface area contributed by atoms with Crippen LogP contribution in [0.25, 0.3) is 0 Å². The monoisotopic (exact) mass is 539 g/mol. The zero-order valence-electron chi connectivity index (χ0n) is 18.4. The average molecular weight is 540 g/mol. The van der Waals surface area contributed by atoms with Crippen LogP contribution in [0.4, 0.5) is 18.9 Å². The second-order valence-electron chi connectivity index (χ2n) is 7.37. The molecule has 0 spiro atoms. The molecule has 0 aliphatic carbocycles. The Morgan fingerprint density at radius 2 is 1.68 bits per heavy atom. The fourth-order valence-electron chi connectivity index (χ4n) is 3.05. The second-order valence-corrected chi connectivity index (χ2v) is 10.1. The van der Waals surface area contributed by atoms with Crippen LogP contribution in [0, 0.1) is 0 Å². The number of anilines is 1. The van der Waals surface area contributed by atoms with Crippen molar-refractivity contribution in [3.05, 3.63) is 63.6 Å². The standard InChI is InChI=1S/C21H22Cl2F3N3O4S/c1-13(20(31)27-2)28(11-14-4-7-16(22)8-5-14)19(30)12-29(34(3,32)33)18-10-15(21(24,25)26)6-9-17(18)23/h4-10,13H,11-12H2,1-3H3,(H,27,31)/t13-/m0/s1. The van der Waals surface area contributed by atoms with Crippen LogP contribution in [0.1, 0.15) is 18.1 Å². The maximum atomic E-state index is 13.2. The molecular formula is C21H22Cl2F3N3O4S. The predicted molar refractivity (Wildman–Crippen MR) is 124 cm³/mol. The number of hydrogen-bond donors (Lipinski definition) is 1. The number of benzene rings is 2. The van der Waals surface area contributed by atoms with Gasteiger partial charge in [0.2, 0.25) is 21.8 Å². The summed E-state index contributed by atoms with van der Waals surface area (Å²) < 4.78 is 65.1. The number of alkyl halides is 3. The minimum absolute atomic E-state index is 0.0848. The zero-order valence-corrected chi connectivity index (χ0v) is 20.7. The van der Waals surface area contributed by atoms with E-state index in [-0.39, 0.29) is 11.6 Å². The fourth-order valence-corrected chi connectivity index (χ4v) is 4.30. The molecule has 1 N–H and O–H groups in total. The maximum Gasteiger partial charge on any atom is 0.416 e. The molecule has 0 fully saturated rings. The molecule has 0 saturated carbocycles. The molecule has 13 heteroatoms. The van der Waals surface area contributed by atoms with E-state index in [0.29, 0.717) is 27.0 Å². The molecule has 2 aromatic carbocycles. The fraction of sp³-hybridized carbons (Fsp3) is 0.333. The van der Waals surface area contributed by atoms with Crippen molar-refractivity contribution >= 4 is 50.7 Å². The number of likely N-dealkylation sites (N-methyl/N-ethyl adjacent to an activating group) is 1. The van der Waals surface area contributed by atoms with E-state index in [1.165, 1.54) is 14.0 Å². The van der Waals surface area contributed by atoms with E-state index in [0.717, 1.165) is 17.2 Å². The van der Waals surface area contributed by atoms with Gasteiger partial charge in [0.1, 0.15) is 12.6 Å². The van der Waals surface area contributed by atoms with Gasteiger partial charge in [-0.1, -0.05) is 35.3 Å². The highest BCUT2D eigenvalue weighted by molar-refractivity contribution is 7.92. The van der Waals surface area contributed by atoms with Gasteiger partial charge in [-0.2, -0.15) is 13.2 Å². The van der Waals surface area contributed by atoms with Crippen LogP contribution >= 0.6 is 23.2 Å². The number of amides is 2. The van der Waals surface area contributed by atoms with Crippen LogP contribution in [0.15, 0.2) is 42.5 Å². The molecule has 2 amide bonds. The Kier molecular flexibility index (Phi) is 8.84. The SMILES string of the molecule is CNC(=O)[C@H](C)N(Cc1ccc(Cl)cc1)C(=O)CN(c1cc(C(F)(F)F)ccc1Cl)S(C)(=O)=O.